The zero-order valence-electron chi connectivity index (χ0n) is 25.1. The van der Waals surface area contributed by atoms with E-state index in [1.54, 1.807) is 30.4 Å². The van der Waals surface area contributed by atoms with Crippen LogP contribution in [0.15, 0.2) is 57.9 Å². The number of fused-ring (bicyclic) bond motifs is 2. The third-order valence-electron chi connectivity index (χ3n) is 8.59. The highest BCUT2D eigenvalue weighted by Gasteiger charge is 2.61. The van der Waals surface area contributed by atoms with Crippen LogP contribution >= 0.6 is 35.1 Å². The lowest BCUT2D eigenvalue weighted by atomic mass is 9.69. The largest absolute Gasteiger partial charge is 0.507 e. The molecule has 0 bridgehead atoms. The fraction of sp³-hybridized carbons (Fsp3) is 0.375. The fourth-order valence-electron chi connectivity index (χ4n) is 6.25. The van der Waals surface area contributed by atoms with Crippen molar-refractivity contribution in [2.45, 2.75) is 54.4 Å². The van der Waals surface area contributed by atoms with E-state index in [1.165, 1.54) is 20.3 Å². The Morgan fingerprint density at radius 3 is 2.67 bits per heavy atom. The minimum atomic E-state index is -1.95. The van der Waals surface area contributed by atoms with Gasteiger partial charge in [-0.25, -0.2) is 4.98 Å². The molecule has 0 radical (unpaired) electrons. The molecule has 1 spiro atoms. The number of ether oxygens (including phenoxy) is 3. The molecule has 6 rings (SSSR count). The molecule has 10 nitrogen and oxygen atoms in total. The average molecular weight is 670 g/mol. The standard InChI is InChI=1S/C32H32ClN3O7S2/c1-16-11-21(37)25(29(39)32(16)30(40)26-22(41-2)13-23(42-3)27(33)28(26)43-32)20(17-5-7-19(44-4)8-6-17)12-24(38)34-14-18-15-36-9-10-45-31(36)35-18/h5-8,13,15-16,20,39H,9-12,14H2,1-4H3,(H,34,38)/t16-,20?,32+/m1/s1. The van der Waals surface area contributed by atoms with Crippen LogP contribution in [0.2, 0.25) is 5.02 Å². The summed E-state index contributed by atoms with van der Waals surface area (Å²) in [6, 6.07) is 8.92. The number of benzene rings is 2. The van der Waals surface area contributed by atoms with Crippen LogP contribution in [0.1, 0.15) is 47.3 Å². The molecule has 2 aliphatic heterocycles. The van der Waals surface area contributed by atoms with E-state index in [2.05, 4.69) is 14.9 Å². The quantitative estimate of drug-likeness (QED) is 0.278. The summed E-state index contributed by atoms with van der Waals surface area (Å²) >= 11 is 9.81. The summed E-state index contributed by atoms with van der Waals surface area (Å²) in [6.45, 7) is 2.76. The van der Waals surface area contributed by atoms with Crippen molar-refractivity contribution in [2.75, 3.05) is 26.2 Å². The van der Waals surface area contributed by atoms with Crippen molar-refractivity contribution in [3.05, 3.63) is 69.7 Å². The van der Waals surface area contributed by atoms with Gasteiger partial charge in [0, 0.05) is 59.7 Å². The van der Waals surface area contributed by atoms with Crippen LogP contribution < -0.4 is 19.5 Å². The van der Waals surface area contributed by atoms with Crippen LogP contribution in [0.4, 0.5) is 0 Å². The Bertz CT molecular complexity index is 1720. The molecule has 3 aliphatic rings. The topological polar surface area (TPSA) is 129 Å². The molecular weight excluding hydrogens is 638 g/mol. The number of halogens is 1. The third-order valence-corrected chi connectivity index (χ3v) is 10.7. The van der Waals surface area contributed by atoms with E-state index in [1.807, 2.05) is 36.7 Å². The van der Waals surface area contributed by atoms with Gasteiger partial charge in [-0.15, -0.1) is 11.8 Å². The van der Waals surface area contributed by atoms with Crippen LogP contribution in [-0.4, -0.2) is 64.0 Å². The molecule has 45 heavy (non-hydrogen) atoms. The van der Waals surface area contributed by atoms with Crippen LogP contribution in [0.3, 0.4) is 0 Å². The summed E-state index contributed by atoms with van der Waals surface area (Å²) in [6.07, 6.45) is 3.61. The van der Waals surface area contributed by atoms with Gasteiger partial charge in [-0.2, -0.15) is 0 Å². The summed E-state index contributed by atoms with van der Waals surface area (Å²) < 4.78 is 19.2. The fourth-order valence-corrected chi connectivity index (χ4v) is 7.89. The number of hydrogen-bond acceptors (Lipinski definition) is 10. The number of aromatic nitrogens is 2. The zero-order valence-corrected chi connectivity index (χ0v) is 27.5. The molecule has 0 saturated carbocycles. The van der Waals surface area contributed by atoms with Crippen molar-refractivity contribution in [3.8, 4) is 17.2 Å². The van der Waals surface area contributed by atoms with Gasteiger partial charge in [0.1, 0.15) is 22.1 Å². The number of allylic oxidation sites excluding steroid dienone is 1. The molecule has 1 amide bonds. The highest BCUT2D eigenvalue weighted by Crippen LogP contribution is 2.55. The Morgan fingerprint density at radius 2 is 2.00 bits per heavy atom. The number of carbonyl (C=O) groups excluding carboxylic acids is 3. The van der Waals surface area contributed by atoms with Gasteiger partial charge in [0.2, 0.25) is 17.3 Å². The number of rotatable bonds is 9. The van der Waals surface area contributed by atoms with Crippen molar-refractivity contribution in [1.29, 1.82) is 0 Å². The molecule has 0 saturated heterocycles. The van der Waals surface area contributed by atoms with Crippen LogP contribution in [0, 0.1) is 5.92 Å². The first kappa shape index (κ1) is 31.4. The number of imidazole rings is 1. The molecule has 3 heterocycles. The Labute approximate surface area is 273 Å². The Balaban J connectivity index is 1.40. The maximum absolute atomic E-state index is 14.3. The number of nitrogens with zero attached hydrogens (tertiary/aromatic N) is 2. The SMILES string of the molecule is COc1cc(OC)c2c(c1Cl)O[C@]1(C2=O)C(O)=C(C(CC(=O)NCc2cn3c(n2)SCC3)c2ccc(SC)cc2)C(=O)C[C@H]1C. The number of hydrogen-bond donors (Lipinski definition) is 2. The lowest BCUT2D eigenvalue weighted by Gasteiger charge is -2.38. The van der Waals surface area contributed by atoms with Crippen molar-refractivity contribution < 1.29 is 33.7 Å². The number of aryl methyl sites for hydroxylation is 1. The lowest BCUT2D eigenvalue weighted by Crippen LogP contribution is -2.53. The van der Waals surface area contributed by atoms with Crippen LogP contribution in [0.5, 0.6) is 17.2 Å². The van der Waals surface area contributed by atoms with E-state index >= 15 is 0 Å². The highest BCUT2D eigenvalue weighted by molar-refractivity contribution is 7.99. The van der Waals surface area contributed by atoms with Crippen molar-refractivity contribution in [3.63, 3.8) is 0 Å². The first-order valence-corrected chi connectivity index (χ1v) is 17.0. The molecule has 2 N–H and O–H groups in total. The summed E-state index contributed by atoms with van der Waals surface area (Å²) in [5, 5.41) is 15.9. The molecule has 3 atom stereocenters. The molecule has 236 valence electrons. The second kappa shape index (κ2) is 12.3. The molecule has 3 aromatic rings. The normalized spacial score (nSPS) is 21.0. The molecule has 1 aliphatic carbocycles. The maximum atomic E-state index is 14.3. The Morgan fingerprint density at radius 1 is 1.27 bits per heavy atom. The first-order valence-electron chi connectivity index (χ1n) is 14.4. The Kier molecular flexibility index (Phi) is 8.57. The number of Topliss-reactive ketones (excluding diaryl/α,β-unsaturated/α-hetero) is 2. The van der Waals surface area contributed by atoms with Gasteiger partial charge >= 0.3 is 0 Å². The van der Waals surface area contributed by atoms with E-state index in [-0.39, 0.29) is 64.5 Å². The number of aliphatic hydroxyl groups excluding tert-OH is 1. The average Bonchev–Trinajstić information content (AvgIpc) is 3.72. The van der Waals surface area contributed by atoms with Crippen LogP contribution in [-0.2, 0) is 22.7 Å². The second-order valence-corrected chi connectivity index (χ2v) is 13.4. The predicted octanol–water partition coefficient (Wildman–Crippen LogP) is 5.61. The number of aliphatic hydroxyl groups is 1. The minimum absolute atomic E-state index is 0.00807. The van der Waals surface area contributed by atoms with Crippen molar-refractivity contribution in [2.24, 2.45) is 5.92 Å². The Hall–Kier alpha value is -3.61. The van der Waals surface area contributed by atoms with E-state index in [0.29, 0.717) is 5.56 Å². The van der Waals surface area contributed by atoms with E-state index in [4.69, 9.17) is 25.8 Å². The molecule has 2 aromatic carbocycles. The van der Waals surface area contributed by atoms with Gasteiger partial charge in [0.25, 0.3) is 0 Å². The molecule has 13 heteroatoms. The molecule has 1 aromatic heterocycles. The van der Waals surface area contributed by atoms with Crippen molar-refractivity contribution >= 4 is 52.6 Å². The van der Waals surface area contributed by atoms with Gasteiger partial charge in [-0.05, 0) is 24.0 Å². The number of methoxy groups -OCH3 is 2. The summed E-state index contributed by atoms with van der Waals surface area (Å²) in [5.41, 5.74) is -0.559. The van der Waals surface area contributed by atoms with E-state index in [9.17, 15) is 19.5 Å². The van der Waals surface area contributed by atoms with Gasteiger partial charge in [-0.1, -0.05) is 42.4 Å². The summed E-state index contributed by atoms with van der Waals surface area (Å²) in [5.74, 6) is -2.07. The van der Waals surface area contributed by atoms with Crippen LogP contribution in [0.25, 0.3) is 0 Å². The summed E-state index contributed by atoms with van der Waals surface area (Å²) in [4.78, 5) is 47.1. The van der Waals surface area contributed by atoms with Gasteiger partial charge in [0.05, 0.1) is 26.5 Å². The molecule has 0 fully saturated rings. The van der Waals surface area contributed by atoms with E-state index < -0.39 is 29.0 Å². The smallest absolute Gasteiger partial charge is 0.231 e. The highest BCUT2D eigenvalue weighted by atomic mass is 35.5. The van der Waals surface area contributed by atoms with Gasteiger partial charge in [0.15, 0.2) is 22.4 Å². The number of amides is 1. The number of thioether (sulfide) groups is 2. The number of carbonyl (C=O) groups is 3. The van der Waals surface area contributed by atoms with Gasteiger partial charge < -0.3 is 29.2 Å². The number of nitrogens with one attached hydrogen (secondary N) is 1. The second-order valence-electron chi connectivity index (χ2n) is 11.1. The zero-order chi connectivity index (χ0) is 32.0. The molecular formula is C32H32ClN3O7S2. The minimum Gasteiger partial charge on any atom is -0.507 e. The number of ketones is 2. The van der Waals surface area contributed by atoms with Gasteiger partial charge in [-0.3, -0.25) is 14.4 Å². The van der Waals surface area contributed by atoms with E-state index in [0.717, 1.165) is 28.0 Å². The summed E-state index contributed by atoms with van der Waals surface area (Å²) in [7, 11) is 2.83. The first-order chi connectivity index (χ1) is 21.6. The predicted molar refractivity (Wildman–Crippen MR) is 171 cm³/mol. The van der Waals surface area contributed by atoms with Crippen molar-refractivity contribution in [1.82, 2.24) is 14.9 Å². The monoisotopic (exact) mass is 669 g/mol. The third kappa shape index (κ3) is 5.26. The lowest BCUT2D eigenvalue weighted by molar-refractivity contribution is -0.122. The molecule has 1 unspecified atom stereocenters. The maximum Gasteiger partial charge on any atom is 0.231 e.